The average molecular weight is 327 g/mol. The molecule has 0 bridgehead atoms. The van der Waals surface area contributed by atoms with E-state index in [0.29, 0.717) is 16.2 Å². The minimum atomic E-state index is 0.365. The molecule has 4 atom stereocenters. The maximum atomic E-state index is 5.57. The zero-order valence-electron chi connectivity index (χ0n) is 16.5. The van der Waals surface area contributed by atoms with Crippen molar-refractivity contribution in [3.63, 3.8) is 0 Å². The molecule has 1 heteroatoms. The molecule has 0 spiro atoms. The Kier molecular flexibility index (Phi) is 3.45. The lowest BCUT2D eigenvalue weighted by molar-refractivity contribution is -0.0983. The quantitative estimate of drug-likeness (QED) is 0.609. The first-order valence-electron chi connectivity index (χ1n) is 9.90. The van der Waals surface area contributed by atoms with Crippen molar-refractivity contribution in [1.82, 2.24) is 0 Å². The minimum absolute atomic E-state index is 0.365. The molecule has 0 amide bonds. The predicted molar refractivity (Wildman–Crippen MR) is 101 cm³/mol. The van der Waals surface area contributed by atoms with Gasteiger partial charge in [0.1, 0.15) is 5.75 Å². The molecule has 0 aromatic heterocycles. The summed E-state index contributed by atoms with van der Waals surface area (Å²) in [6, 6.07) is 4.59. The fraction of sp³-hybridized carbons (Fsp3) is 0.739. The van der Waals surface area contributed by atoms with Crippen LogP contribution < -0.4 is 4.74 Å². The third kappa shape index (κ3) is 1.99. The van der Waals surface area contributed by atoms with Gasteiger partial charge < -0.3 is 4.74 Å². The Morgan fingerprint density at radius 2 is 1.75 bits per heavy atom. The number of hydrogen-bond acceptors (Lipinski definition) is 1. The molecule has 3 aliphatic carbocycles. The Labute approximate surface area is 148 Å². The molecule has 0 radical (unpaired) electrons. The third-order valence-electron chi connectivity index (χ3n) is 8.41. The molecule has 0 heterocycles. The van der Waals surface area contributed by atoms with Gasteiger partial charge in [-0.15, -0.1) is 0 Å². The topological polar surface area (TPSA) is 9.23 Å². The number of aryl methyl sites for hydroxylation is 1. The fourth-order valence-electron chi connectivity index (χ4n) is 7.55. The van der Waals surface area contributed by atoms with Gasteiger partial charge >= 0.3 is 0 Å². The standard InChI is InChI=1S/C23H34O/c1-15-12-17(24-6)13-16-14-19-22(4)10-7-9-21(2,3)18(22)8-11-23(19,5)20(15)16/h12-13,18-19H,7-11,14H2,1-6H3. The van der Waals surface area contributed by atoms with Crippen molar-refractivity contribution in [3.8, 4) is 5.75 Å². The Hall–Kier alpha value is -0.980. The van der Waals surface area contributed by atoms with E-state index in [9.17, 15) is 0 Å². The van der Waals surface area contributed by atoms with E-state index in [-0.39, 0.29) is 0 Å². The average Bonchev–Trinajstić information content (AvgIpc) is 2.80. The molecule has 4 rings (SSSR count). The van der Waals surface area contributed by atoms with Crippen molar-refractivity contribution >= 4 is 0 Å². The smallest absolute Gasteiger partial charge is 0.119 e. The lowest BCUT2D eigenvalue weighted by Gasteiger charge is -2.61. The van der Waals surface area contributed by atoms with Gasteiger partial charge in [0, 0.05) is 0 Å². The van der Waals surface area contributed by atoms with E-state index in [4.69, 9.17) is 4.74 Å². The molecule has 1 aromatic rings. The Morgan fingerprint density at radius 3 is 2.46 bits per heavy atom. The number of rotatable bonds is 1. The highest BCUT2D eigenvalue weighted by molar-refractivity contribution is 5.51. The highest BCUT2D eigenvalue weighted by Crippen LogP contribution is 2.67. The predicted octanol–water partition coefficient (Wildman–Crippen LogP) is 6.06. The number of hydrogen-bond donors (Lipinski definition) is 0. The van der Waals surface area contributed by atoms with Crippen LogP contribution in [0.3, 0.4) is 0 Å². The van der Waals surface area contributed by atoms with Crippen molar-refractivity contribution in [3.05, 3.63) is 28.8 Å². The summed E-state index contributed by atoms with van der Waals surface area (Å²) in [5, 5.41) is 0. The molecule has 2 fully saturated rings. The second-order valence-corrected chi connectivity index (χ2v) is 10.1. The molecule has 1 nitrogen and oxygen atoms in total. The summed E-state index contributed by atoms with van der Waals surface area (Å²) in [5.41, 5.74) is 6.06. The van der Waals surface area contributed by atoms with Crippen LogP contribution in [0.4, 0.5) is 0 Å². The van der Waals surface area contributed by atoms with Gasteiger partial charge in [-0.25, -0.2) is 0 Å². The van der Waals surface area contributed by atoms with Gasteiger partial charge in [0.15, 0.2) is 0 Å². The normalized spacial score (nSPS) is 39.8. The molecule has 3 aliphatic rings. The lowest BCUT2D eigenvalue weighted by atomic mass is 9.43. The van der Waals surface area contributed by atoms with E-state index in [1.165, 1.54) is 44.1 Å². The Balaban J connectivity index is 1.82. The van der Waals surface area contributed by atoms with Crippen LogP contribution in [-0.2, 0) is 11.8 Å². The van der Waals surface area contributed by atoms with E-state index < -0.39 is 0 Å². The first-order chi connectivity index (χ1) is 11.2. The van der Waals surface area contributed by atoms with Gasteiger partial charge in [0.25, 0.3) is 0 Å². The summed E-state index contributed by atoms with van der Waals surface area (Å²) >= 11 is 0. The number of methoxy groups -OCH3 is 1. The fourth-order valence-corrected chi connectivity index (χ4v) is 7.55. The SMILES string of the molecule is COc1cc(C)c2c(c1)CC1C2(C)CCC2C(C)(C)CCCC21C. The first kappa shape index (κ1) is 16.5. The van der Waals surface area contributed by atoms with Crippen LogP contribution in [0.25, 0.3) is 0 Å². The largest absolute Gasteiger partial charge is 0.497 e. The second kappa shape index (κ2) is 5.02. The van der Waals surface area contributed by atoms with Crippen molar-refractivity contribution < 1.29 is 4.74 Å². The molecule has 2 saturated carbocycles. The Morgan fingerprint density at radius 1 is 1.00 bits per heavy atom. The van der Waals surface area contributed by atoms with Crippen LogP contribution in [-0.4, -0.2) is 7.11 Å². The van der Waals surface area contributed by atoms with Crippen LogP contribution in [0.1, 0.15) is 76.5 Å². The van der Waals surface area contributed by atoms with Gasteiger partial charge in [-0.05, 0) is 95.9 Å². The summed E-state index contributed by atoms with van der Waals surface area (Å²) in [7, 11) is 1.80. The van der Waals surface area contributed by atoms with E-state index >= 15 is 0 Å². The van der Waals surface area contributed by atoms with Crippen molar-refractivity contribution in [2.75, 3.05) is 7.11 Å². The summed E-state index contributed by atoms with van der Waals surface area (Å²) < 4.78 is 5.57. The van der Waals surface area contributed by atoms with Crippen LogP contribution in [0, 0.1) is 29.6 Å². The van der Waals surface area contributed by atoms with Crippen LogP contribution in [0.15, 0.2) is 12.1 Å². The molecule has 0 aliphatic heterocycles. The summed E-state index contributed by atoms with van der Waals surface area (Å²) in [5.74, 6) is 2.72. The highest BCUT2D eigenvalue weighted by atomic mass is 16.5. The van der Waals surface area contributed by atoms with Gasteiger partial charge in [-0.2, -0.15) is 0 Å². The first-order valence-corrected chi connectivity index (χ1v) is 9.90. The molecule has 4 unspecified atom stereocenters. The molecule has 0 N–H and O–H groups in total. The van der Waals surface area contributed by atoms with E-state index in [1.807, 2.05) is 0 Å². The van der Waals surface area contributed by atoms with Gasteiger partial charge in [0.2, 0.25) is 0 Å². The molecule has 1 aromatic carbocycles. The van der Waals surface area contributed by atoms with E-state index in [1.54, 1.807) is 18.2 Å². The molecule has 132 valence electrons. The third-order valence-corrected chi connectivity index (χ3v) is 8.41. The number of benzene rings is 1. The van der Waals surface area contributed by atoms with E-state index in [2.05, 4.69) is 46.8 Å². The maximum Gasteiger partial charge on any atom is 0.119 e. The lowest BCUT2D eigenvalue weighted by Crippen LogP contribution is -2.55. The molecule has 24 heavy (non-hydrogen) atoms. The monoisotopic (exact) mass is 326 g/mol. The van der Waals surface area contributed by atoms with Crippen molar-refractivity contribution in [2.24, 2.45) is 22.7 Å². The van der Waals surface area contributed by atoms with E-state index in [0.717, 1.165) is 17.6 Å². The van der Waals surface area contributed by atoms with Gasteiger partial charge in [-0.1, -0.05) is 34.1 Å². The zero-order valence-corrected chi connectivity index (χ0v) is 16.5. The Bertz CT molecular complexity index is 673. The van der Waals surface area contributed by atoms with Crippen LogP contribution in [0.5, 0.6) is 5.75 Å². The van der Waals surface area contributed by atoms with Gasteiger partial charge in [-0.3, -0.25) is 0 Å². The summed E-state index contributed by atoms with van der Waals surface area (Å²) in [4.78, 5) is 0. The van der Waals surface area contributed by atoms with Crippen LogP contribution >= 0.6 is 0 Å². The zero-order chi connectivity index (χ0) is 17.3. The molecular weight excluding hydrogens is 292 g/mol. The second-order valence-electron chi connectivity index (χ2n) is 10.1. The number of fused-ring (bicyclic) bond motifs is 5. The number of ether oxygens (including phenoxy) is 1. The van der Waals surface area contributed by atoms with Crippen molar-refractivity contribution in [1.29, 1.82) is 0 Å². The minimum Gasteiger partial charge on any atom is -0.497 e. The van der Waals surface area contributed by atoms with Crippen molar-refractivity contribution in [2.45, 2.75) is 78.6 Å². The maximum absolute atomic E-state index is 5.57. The molecule has 0 saturated heterocycles. The highest BCUT2D eigenvalue weighted by Gasteiger charge is 2.61. The van der Waals surface area contributed by atoms with Crippen LogP contribution in [0.2, 0.25) is 0 Å². The molecular formula is C23H34O. The summed E-state index contributed by atoms with van der Waals surface area (Å²) in [6.07, 6.45) is 8.27. The summed E-state index contributed by atoms with van der Waals surface area (Å²) in [6.45, 7) is 12.6. The van der Waals surface area contributed by atoms with Gasteiger partial charge in [0.05, 0.1) is 7.11 Å².